The summed E-state index contributed by atoms with van der Waals surface area (Å²) in [6, 6.07) is 0. The second-order valence-electron chi connectivity index (χ2n) is 3.79. The van der Waals surface area contributed by atoms with E-state index in [4.69, 9.17) is 16.3 Å². The van der Waals surface area contributed by atoms with Gasteiger partial charge >= 0.3 is 0 Å². The standard InChI is InChI=1S/C10H14ClN5O/c1-6(2)17-4-3-12-8-7-9(14-5-13-7)16-10(11)15-8/h5-6H,3-4H2,1-2H3,(H2,12,13,14,15,16). The molecule has 17 heavy (non-hydrogen) atoms. The first-order chi connectivity index (χ1) is 8.16. The van der Waals surface area contributed by atoms with E-state index in [0.29, 0.717) is 24.6 Å². The van der Waals surface area contributed by atoms with E-state index in [-0.39, 0.29) is 11.4 Å². The summed E-state index contributed by atoms with van der Waals surface area (Å²) in [5.41, 5.74) is 1.30. The van der Waals surface area contributed by atoms with E-state index in [1.54, 1.807) is 6.33 Å². The van der Waals surface area contributed by atoms with Crippen molar-refractivity contribution in [3.05, 3.63) is 11.6 Å². The summed E-state index contributed by atoms with van der Waals surface area (Å²) in [6.45, 7) is 5.25. The van der Waals surface area contributed by atoms with Crippen LogP contribution in [0.3, 0.4) is 0 Å². The molecule has 0 aliphatic carbocycles. The monoisotopic (exact) mass is 255 g/mol. The Balaban J connectivity index is 2.04. The third kappa shape index (κ3) is 3.04. The molecule has 0 bridgehead atoms. The van der Waals surface area contributed by atoms with Crippen LogP contribution >= 0.6 is 11.6 Å². The van der Waals surface area contributed by atoms with E-state index in [0.717, 1.165) is 5.52 Å². The molecular formula is C10H14ClN5O. The van der Waals surface area contributed by atoms with Crippen molar-refractivity contribution in [2.45, 2.75) is 20.0 Å². The van der Waals surface area contributed by atoms with E-state index >= 15 is 0 Å². The predicted octanol–water partition coefficient (Wildman–Crippen LogP) is 1.84. The highest BCUT2D eigenvalue weighted by molar-refractivity contribution is 6.28. The number of halogens is 1. The molecule has 2 heterocycles. The molecule has 0 aliphatic heterocycles. The second kappa shape index (κ2) is 5.29. The van der Waals surface area contributed by atoms with Crippen molar-refractivity contribution in [1.82, 2.24) is 19.9 Å². The topological polar surface area (TPSA) is 75.7 Å². The SMILES string of the molecule is CC(C)OCCNc1nc(Cl)nc2nc[nH]c12. The van der Waals surface area contributed by atoms with Crippen LogP contribution in [0, 0.1) is 0 Å². The van der Waals surface area contributed by atoms with Crippen LogP contribution in [-0.4, -0.2) is 39.2 Å². The number of H-pyrrole nitrogens is 1. The van der Waals surface area contributed by atoms with Crippen LogP contribution in [0.4, 0.5) is 5.82 Å². The van der Waals surface area contributed by atoms with Gasteiger partial charge in [-0.1, -0.05) is 0 Å². The quantitative estimate of drug-likeness (QED) is 0.630. The summed E-state index contributed by atoms with van der Waals surface area (Å²) in [6.07, 6.45) is 1.78. The first-order valence-corrected chi connectivity index (χ1v) is 5.76. The van der Waals surface area contributed by atoms with Gasteiger partial charge in [0.1, 0.15) is 5.52 Å². The number of nitrogens with one attached hydrogen (secondary N) is 2. The lowest BCUT2D eigenvalue weighted by atomic mass is 10.4. The molecular weight excluding hydrogens is 242 g/mol. The van der Waals surface area contributed by atoms with Crippen molar-refractivity contribution >= 4 is 28.6 Å². The van der Waals surface area contributed by atoms with Crippen LogP contribution in [0.15, 0.2) is 6.33 Å². The fourth-order valence-electron chi connectivity index (χ4n) is 1.40. The molecule has 0 aliphatic rings. The van der Waals surface area contributed by atoms with Crippen LogP contribution in [0.25, 0.3) is 11.2 Å². The maximum atomic E-state index is 5.80. The molecule has 0 fully saturated rings. The van der Waals surface area contributed by atoms with Gasteiger partial charge in [-0.2, -0.15) is 9.97 Å². The van der Waals surface area contributed by atoms with Gasteiger partial charge in [-0.3, -0.25) is 0 Å². The molecule has 0 spiro atoms. The van der Waals surface area contributed by atoms with Crippen molar-refractivity contribution in [2.75, 3.05) is 18.5 Å². The molecule has 2 rings (SSSR count). The summed E-state index contributed by atoms with van der Waals surface area (Å²) >= 11 is 5.80. The number of nitrogens with zero attached hydrogens (tertiary/aromatic N) is 3. The zero-order valence-corrected chi connectivity index (χ0v) is 10.5. The number of anilines is 1. The number of fused-ring (bicyclic) bond motifs is 1. The molecule has 2 N–H and O–H groups in total. The lowest BCUT2D eigenvalue weighted by Crippen LogP contribution is -2.14. The van der Waals surface area contributed by atoms with Crippen molar-refractivity contribution in [3.63, 3.8) is 0 Å². The summed E-state index contributed by atoms with van der Waals surface area (Å²) in [5, 5.41) is 3.32. The molecule has 92 valence electrons. The van der Waals surface area contributed by atoms with Gasteiger partial charge in [0.05, 0.1) is 19.0 Å². The van der Waals surface area contributed by atoms with Crippen LogP contribution in [0.1, 0.15) is 13.8 Å². The number of aromatic nitrogens is 4. The highest BCUT2D eigenvalue weighted by Crippen LogP contribution is 2.18. The first-order valence-electron chi connectivity index (χ1n) is 5.39. The Morgan fingerprint density at radius 2 is 2.29 bits per heavy atom. The first kappa shape index (κ1) is 12.1. The van der Waals surface area contributed by atoms with Gasteiger partial charge in [0.2, 0.25) is 5.28 Å². The smallest absolute Gasteiger partial charge is 0.226 e. The number of hydrogen-bond donors (Lipinski definition) is 2. The molecule has 0 saturated carbocycles. The summed E-state index contributed by atoms with van der Waals surface area (Å²) in [4.78, 5) is 15.1. The zero-order chi connectivity index (χ0) is 12.3. The third-order valence-corrected chi connectivity index (χ3v) is 2.27. The minimum Gasteiger partial charge on any atom is -0.377 e. The largest absolute Gasteiger partial charge is 0.377 e. The number of ether oxygens (including phenoxy) is 1. The van der Waals surface area contributed by atoms with Crippen molar-refractivity contribution < 1.29 is 4.74 Å². The number of rotatable bonds is 5. The molecule has 7 heteroatoms. The lowest BCUT2D eigenvalue weighted by molar-refractivity contribution is 0.0870. The Bertz CT molecular complexity index is 498. The van der Waals surface area contributed by atoms with Crippen molar-refractivity contribution in [3.8, 4) is 0 Å². The third-order valence-electron chi connectivity index (χ3n) is 2.10. The highest BCUT2D eigenvalue weighted by atomic mass is 35.5. The van der Waals surface area contributed by atoms with Gasteiger partial charge < -0.3 is 15.0 Å². The van der Waals surface area contributed by atoms with E-state index in [9.17, 15) is 0 Å². The van der Waals surface area contributed by atoms with Crippen LogP contribution < -0.4 is 5.32 Å². The van der Waals surface area contributed by atoms with Gasteiger partial charge in [-0.25, -0.2) is 4.98 Å². The summed E-state index contributed by atoms with van der Waals surface area (Å²) in [5.74, 6) is 0.643. The molecule has 2 aromatic heterocycles. The number of imidazole rings is 1. The van der Waals surface area contributed by atoms with Gasteiger partial charge in [0.25, 0.3) is 0 Å². The Kier molecular flexibility index (Phi) is 3.75. The van der Waals surface area contributed by atoms with Crippen molar-refractivity contribution in [2.24, 2.45) is 0 Å². The fraction of sp³-hybridized carbons (Fsp3) is 0.500. The maximum absolute atomic E-state index is 5.80. The highest BCUT2D eigenvalue weighted by Gasteiger charge is 2.08. The molecule has 0 unspecified atom stereocenters. The molecule has 2 aromatic rings. The van der Waals surface area contributed by atoms with E-state index < -0.39 is 0 Å². The van der Waals surface area contributed by atoms with Gasteiger partial charge in [0.15, 0.2) is 11.5 Å². The normalized spacial score (nSPS) is 11.3. The van der Waals surface area contributed by atoms with E-state index in [2.05, 4.69) is 25.3 Å². The molecule has 0 amide bonds. The van der Waals surface area contributed by atoms with E-state index in [1.807, 2.05) is 13.8 Å². The van der Waals surface area contributed by atoms with E-state index in [1.165, 1.54) is 0 Å². The molecule has 6 nitrogen and oxygen atoms in total. The molecule has 0 atom stereocenters. The Morgan fingerprint density at radius 3 is 3.06 bits per heavy atom. The molecule has 0 radical (unpaired) electrons. The Labute approximate surface area is 104 Å². The van der Waals surface area contributed by atoms with Crippen LogP contribution in [0.5, 0.6) is 0 Å². The Morgan fingerprint density at radius 1 is 1.47 bits per heavy atom. The predicted molar refractivity (Wildman–Crippen MR) is 66.3 cm³/mol. The minimum atomic E-state index is 0.178. The van der Waals surface area contributed by atoms with Crippen LogP contribution in [-0.2, 0) is 4.74 Å². The summed E-state index contributed by atoms with van der Waals surface area (Å²) < 4.78 is 5.42. The van der Waals surface area contributed by atoms with Crippen LogP contribution in [0.2, 0.25) is 5.28 Å². The van der Waals surface area contributed by atoms with Gasteiger partial charge in [-0.05, 0) is 25.4 Å². The average Bonchev–Trinajstić information content (AvgIpc) is 2.71. The summed E-state index contributed by atoms with van der Waals surface area (Å²) in [7, 11) is 0. The van der Waals surface area contributed by atoms with Gasteiger partial charge in [0, 0.05) is 6.54 Å². The number of hydrogen-bond acceptors (Lipinski definition) is 5. The lowest BCUT2D eigenvalue weighted by Gasteiger charge is -2.09. The van der Waals surface area contributed by atoms with Gasteiger partial charge in [-0.15, -0.1) is 0 Å². The van der Waals surface area contributed by atoms with Crippen molar-refractivity contribution in [1.29, 1.82) is 0 Å². The minimum absolute atomic E-state index is 0.178. The average molecular weight is 256 g/mol. The Hall–Kier alpha value is -1.40. The zero-order valence-electron chi connectivity index (χ0n) is 9.70. The molecule has 0 aromatic carbocycles. The number of aromatic amines is 1. The maximum Gasteiger partial charge on any atom is 0.226 e. The second-order valence-corrected chi connectivity index (χ2v) is 4.13. The fourth-order valence-corrected chi connectivity index (χ4v) is 1.56. The molecule has 0 saturated heterocycles.